The number of hydrogen-bond donors (Lipinski definition) is 4. The van der Waals surface area contributed by atoms with Gasteiger partial charge in [-0.25, -0.2) is 4.79 Å². The highest BCUT2D eigenvalue weighted by atomic mass is 16.6. The molecule has 3 atom stereocenters. The fourth-order valence-electron chi connectivity index (χ4n) is 5.70. The number of nitrogens with one attached hydrogen (secondary N) is 3. The maximum Gasteiger partial charge on any atom is 0.412 e. The summed E-state index contributed by atoms with van der Waals surface area (Å²) in [6.07, 6.45) is -1.67. The standard InChI is InChI=1S/C39H46N4O5/c1-28(2)37(48-39(46)41-32-17-19-34(20-18-32)47-33-11-7-4-8-12-33)38(45)42-35(36(44)21-24-43-25-22-40-23-26-43)27-29-13-15-31(16-14-29)30-9-5-3-6-10-30/h3-20,28,35-37,40,44H,21-27H2,1-2H3,(H,41,46)(H,42,45). The van der Waals surface area contributed by atoms with Crippen LogP contribution in [0.1, 0.15) is 25.8 Å². The Morgan fingerprint density at radius 3 is 2.06 bits per heavy atom. The zero-order valence-electron chi connectivity index (χ0n) is 27.7. The Balaban J connectivity index is 1.22. The molecule has 1 saturated heterocycles. The highest BCUT2D eigenvalue weighted by Crippen LogP contribution is 2.24. The van der Waals surface area contributed by atoms with E-state index in [0.29, 0.717) is 30.0 Å². The summed E-state index contributed by atoms with van der Waals surface area (Å²) in [5, 5.41) is 20.5. The number of hydrogen-bond acceptors (Lipinski definition) is 7. The van der Waals surface area contributed by atoms with Crippen LogP contribution in [0, 0.1) is 5.92 Å². The Morgan fingerprint density at radius 2 is 1.42 bits per heavy atom. The van der Waals surface area contributed by atoms with Gasteiger partial charge < -0.3 is 30.1 Å². The summed E-state index contributed by atoms with van der Waals surface area (Å²) in [4.78, 5) is 28.9. The molecule has 0 aliphatic carbocycles. The van der Waals surface area contributed by atoms with E-state index >= 15 is 0 Å². The number of carbonyl (C=O) groups is 2. The van der Waals surface area contributed by atoms with E-state index in [9.17, 15) is 14.7 Å². The topological polar surface area (TPSA) is 112 Å². The molecule has 0 spiro atoms. The number of para-hydroxylation sites is 1. The van der Waals surface area contributed by atoms with Crippen molar-refractivity contribution >= 4 is 17.7 Å². The Labute approximate surface area is 283 Å². The third-order valence-electron chi connectivity index (χ3n) is 8.44. The monoisotopic (exact) mass is 650 g/mol. The molecular formula is C39H46N4O5. The molecule has 0 radical (unpaired) electrons. The molecule has 2 amide bonds. The van der Waals surface area contributed by atoms with Crippen molar-refractivity contribution in [2.75, 3.05) is 38.0 Å². The van der Waals surface area contributed by atoms with Crippen molar-refractivity contribution in [1.82, 2.24) is 15.5 Å². The number of amides is 2. The quantitative estimate of drug-likeness (QED) is 0.130. The molecule has 5 rings (SSSR count). The summed E-state index contributed by atoms with van der Waals surface area (Å²) in [5.74, 6) is 0.579. The third-order valence-corrected chi connectivity index (χ3v) is 8.44. The van der Waals surface area contributed by atoms with Gasteiger partial charge in [0.25, 0.3) is 5.91 Å². The van der Waals surface area contributed by atoms with Crippen molar-refractivity contribution in [2.45, 2.75) is 44.9 Å². The molecule has 1 heterocycles. The van der Waals surface area contributed by atoms with Gasteiger partial charge in [-0.2, -0.15) is 0 Å². The summed E-state index contributed by atoms with van der Waals surface area (Å²) >= 11 is 0. The van der Waals surface area contributed by atoms with E-state index in [2.05, 4.69) is 45.1 Å². The Bertz CT molecular complexity index is 1560. The number of rotatable bonds is 14. The normalized spacial score (nSPS) is 15.2. The zero-order valence-corrected chi connectivity index (χ0v) is 27.7. The molecule has 4 aromatic rings. The van der Waals surface area contributed by atoms with Gasteiger partial charge in [-0.3, -0.25) is 10.1 Å². The summed E-state index contributed by atoms with van der Waals surface area (Å²) in [5.41, 5.74) is 3.71. The smallest absolute Gasteiger partial charge is 0.412 e. The van der Waals surface area contributed by atoms with E-state index in [0.717, 1.165) is 49.4 Å². The molecule has 4 aromatic carbocycles. The first-order valence-corrected chi connectivity index (χ1v) is 16.7. The molecule has 0 aromatic heterocycles. The fourth-order valence-corrected chi connectivity index (χ4v) is 5.70. The van der Waals surface area contributed by atoms with Crippen molar-refractivity contribution in [3.63, 3.8) is 0 Å². The lowest BCUT2D eigenvalue weighted by atomic mass is 9.96. The SMILES string of the molecule is CC(C)C(OC(=O)Nc1ccc(Oc2ccccc2)cc1)C(=O)NC(Cc1ccc(-c2ccccc2)cc1)C(O)CCN1CCNCC1. The fraction of sp³-hybridized carbons (Fsp3) is 0.333. The van der Waals surface area contributed by atoms with E-state index < -0.39 is 30.3 Å². The van der Waals surface area contributed by atoms with Crippen LogP contribution in [0.4, 0.5) is 10.5 Å². The third kappa shape index (κ3) is 10.4. The van der Waals surface area contributed by atoms with Crippen molar-refractivity contribution in [3.05, 3.63) is 115 Å². The van der Waals surface area contributed by atoms with Crippen LogP contribution in [0.5, 0.6) is 11.5 Å². The van der Waals surface area contributed by atoms with Gasteiger partial charge in [-0.15, -0.1) is 0 Å². The second-order valence-corrected chi connectivity index (χ2v) is 12.5. The molecular weight excluding hydrogens is 604 g/mol. The number of ether oxygens (including phenoxy) is 2. The van der Waals surface area contributed by atoms with E-state index in [4.69, 9.17) is 9.47 Å². The minimum atomic E-state index is -1.06. The molecule has 1 fully saturated rings. The molecule has 3 unspecified atom stereocenters. The average molecular weight is 651 g/mol. The lowest BCUT2D eigenvalue weighted by Gasteiger charge is -2.31. The number of benzene rings is 4. The first-order chi connectivity index (χ1) is 23.3. The van der Waals surface area contributed by atoms with Crippen LogP contribution >= 0.6 is 0 Å². The highest BCUT2D eigenvalue weighted by molar-refractivity contribution is 5.89. The summed E-state index contributed by atoms with van der Waals surface area (Å²) in [6.45, 7) is 8.06. The first-order valence-electron chi connectivity index (χ1n) is 16.7. The van der Waals surface area contributed by atoms with Crippen LogP contribution in [-0.4, -0.2) is 73.0 Å². The molecule has 48 heavy (non-hydrogen) atoms. The van der Waals surface area contributed by atoms with Crippen LogP contribution in [0.3, 0.4) is 0 Å². The van der Waals surface area contributed by atoms with Crippen molar-refractivity contribution < 1.29 is 24.2 Å². The first kappa shape index (κ1) is 34.6. The van der Waals surface area contributed by atoms with Gasteiger partial charge in [0.05, 0.1) is 12.1 Å². The van der Waals surface area contributed by atoms with Gasteiger partial charge >= 0.3 is 6.09 Å². The second kappa shape index (κ2) is 17.5. The maximum absolute atomic E-state index is 13.7. The number of aliphatic hydroxyl groups is 1. The Morgan fingerprint density at radius 1 is 0.812 bits per heavy atom. The number of carbonyl (C=O) groups excluding carboxylic acids is 2. The number of anilines is 1. The maximum atomic E-state index is 13.7. The van der Waals surface area contributed by atoms with E-state index in [1.807, 2.05) is 74.5 Å². The predicted molar refractivity (Wildman–Crippen MR) is 189 cm³/mol. The van der Waals surface area contributed by atoms with Gasteiger partial charge in [-0.1, -0.05) is 86.6 Å². The molecule has 1 aliphatic rings. The van der Waals surface area contributed by atoms with Gasteiger partial charge in [0.15, 0.2) is 6.10 Å². The molecule has 0 saturated carbocycles. The van der Waals surface area contributed by atoms with E-state index in [-0.39, 0.29) is 5.92 Å². The van der Waals surface area contributed by atoms with Gasteiger partial charge in [-0.05, 0) is 71.8 Å². The van der Waals surface area contributed by atoms with Crippen molar-refractivity contribution in [3.8, 4) is 22.6 Å². The average Bonchev–Trinajstić information content (AvgIpc) is 3.11. The number of nitrogens with zero attached hydrogens (tertiary/aromatic N) is 1. The van der Waals surface area contributed by atoms with Crippen LogP contribution in [-0.2, 0) is 16.0 Å². The lowest BCUT2D eigenvalue weighted by molar-refractivity contribution is -0.133. The molecule has 9 nitrogen and oxygen atoms in total. The molecule has 252 valence electrons. The molecule has 4 N–H and O–H groups in total. The lowest BCUT2D eigenvalue weighted by Crippen LogP contribution is -2.52. The largest absolute Gasteiger partial charge is 0.457 e. The van der Waals surface area contributed by atoms with E-state index in [1.54, 1.807) is 24.3 Å². The summed E-state index contributed by atoms with van der Waals surface area (Å²) in [7, 11) is 0. The van der Waals surface area contributed by atoms with E-state index in [1.165, 1.54) is 0 Å². The van der Waals surface area contributed by atoms with Crippen LogP contribution in [0.2, 0.25) is 0 Å². The Kier molecular flexibility index (Phi) is 12.6. The minimum Gasteiger partial charge on any atom is -0.457 e. The van der Waals surface area contributed by atoms with Gasteiger partial charge in [0.1, 0.15) is 11.5 Å². The zero-order chi connectivity index (χ0) is 33.7. The minimum absolute atomic E-state index is 0.304. The molecule has 1 aliphatic heterocycles. The second-order valence-electron chi connectivity index (χ2n) is 12.5. The van der Waals surface area contributed by atoms with Gasteiger partial charge in [0.2, 0.25) is 0 Å². The molecule has 9 heteroatoms. The predicted octanol–water partition coefficient (Wildman–Crippen LogP) is 6.10. The van der Waals surface area contributed by atoms with Crippen LogP contribution in [0.25, 0.3) is 11.1 Å². The Hall–Kier alpha value is -4.70. The molecule has 0 bridgehead atoms. The summed E-state index contributed by atoms with van der Waals surface area (Å²) in [6, 6.07) is 34.1. The van der Waals surface area contributed by atoms with Crippen LogP contribution in [0.15, 0.2) is 109 Å². The van der Waals surface area contributed by atoms with Crippen LogP contribution < -0.4 is 20.7 Å². The van der Waals surface area contributed by atoms with Gasteiger partial charge in [0, 0.05) is 38.4 Å². The number of aliphatic hydroxyl groups excluding tert-OH is 1. The van der Waals surface area contributed by atoms with Crippen molar-refractivity contribution in [2.24, 2.45) is 5.92 Å². The number of piperazine rings is 1. The summed E-state index contributed by atoms with van der Waals surface area (Å²) < 4.78 is 11.5. The van der Waals surface area contributed by atoms with Crippen molar-refractivity contribution in [1.29, 1.82) is 0 Å². The highest BCUT2D eigenvalue weighted by Gasteiger charge is 2.31.